The van der Waals surface area contributed by atoms with Gasteiger partial charge in [0.1, 0.15) is 0 Å². The molecule has 0 bridgehead atoms. The van der Waals surface area contributed by atoms with Crippen LogP contribution in [0.3, 0.4) is 0 Å². The molecule has 0 atom stereocenters. The van der Waals surface area contributed by atoms with Crippen LogP contribution >= 0.6 is 23.4 Å². The van der Waals surface area contributed by atoms with Crippen LogP contribution in [0.1, 0.15) is 18.7 Å². The maximum absolute atomic E-state index is 5.99. The minimum atomic E-state index is 0.550. The average molecular weight is 382 g/mol. The Kier molecular flexibility index (Phi) is 8.62. The molecule has 2 aromatic rings. The van der Waals surface area contributed by atoms with E-state index in [0.29, 0.717) is 29.7 Å². The van der Waals surface area contributed by atoms with Crippen molar-refractivity contribution >= 4 is 29.3 Å². The number of benzene rings is 1. The van der Waals surface area contributed by atoms with Gasteiger partial charge in [-0.05, 0) is 37.0 Å². The minimum absolute atomic E-state index is 0.550. The smallest absolute Gasteiger partial charge is 0.228 e. The summed E-state index contributed by atoms with van der Waals surface area (Å²) in [6.07, 6.45) is 5.09. The predicted molar refractivity (Wildman–Crippen MR) is 105 cm³/mol. The first-order chi connectivity index (χ1) is 12.2. The summed E-state index contributed by atoms with van der Waals surface area (Å²) in [6.45, 7) is 1.58. The fraction of sp³-hybridized carbons (Fsp3) is 0.471. The highest BCUT2D eigenvalue weighted by atomic mass is 35.5. The molecular weight excluding hydrogens is 358 g/mol. The van der Waals surface area contributed by atoms with Gasteiger partial charge in [0.2, 0.25) is 11.7 Å². The largest absolute Gasteiger partial charge is 0.356 e. The van der Waals surface area contributed by atoms with Crippen LogP contribution in [0.2, 0.25) is 5.02 Å². The van der Waals surface area contributed by atoms with E-state index in [9.17, 15) is 0 Å². The van der Waals surface area contributed by atoms with Crippen molar-refractivity contribution in [2.75, 3.05) is 32.1 Å². The highest BCUT2D eigenvalue weighted by Crippen LogP contribution is 2.19. The molecule has 0 amide bonds. The molecule has 2 rings (SSSR count). The van der Waals surface area contributed by atoms with Crippen molar-refractivity contribution in [2.24, 2.45) is 4.99 Å². The van der Waals surface area contributed by atoms with Crippen LogP contribution in [0, 0.1) is 0 Å². The van der Waals surface area contributed by atoms with Gasteiger partial charge >= 0.3 is 0 Å². The number of rotatable bonds is 9. The summed E-state index contributed by atoms with van der Waals surface area (Å²) in [6, 6.07) is 7.40. The van der Waals surface area contributed by atoms with Crippen LogP contribution in [-0.2, 0) is 6.42 Å². The van der Waals surface area contributed by atoms with E-state index in [-0.39, 0.29) is 0 Å². The third-order valence-corrected chi connectivity index (χ3v) is 4.41. The molecule has 0 aliphatic rings. The van der Waals surface area contributed by atoms with Crippen LogP contribution in [0.15, 0.2) is 33.8 Å². The second kappa shape index (κ2) is 11.0. The number of thioether (sulfide) groups is 1. The molecule has 8 heteroatoms. The Morgan fingerprint density at radius 1 is 1.28 bits per heavy atom. The lowest BCUT2D eigenvalue weighted by Gasteiger charge is -2.10. The number of aromatic nitrogens is 2. The monoisotopic (exact) mass is 381 g/mol. The third-order valence-electron chi connectivity index (χ3n) is 3.47. The second-order valence-electron chi connectivity index (χ2n) is 5.40. The molecule has 0 spiro atoms. The zero-order valence-electron chi connectivity index (χ0n) is 14.6. The van der Waals surface area contributed by atoms with E-state index < -0.39 is 0 Å². The summed E-state index contributed by atoms with van der Waals surface area (Å²) < 4.78 is 5.29. The van der Waals surface area contributed by atoms with Gasteiger partial charge < -0.3 is 15.2 Å². The third kappa shape index (κ3) is 6.96. The molecule has 0 radical (unpaired) electrons. The number of unbranched alkanes of at least 4 members (excludes halogenated alkanes) is 1. The summed E-state index contributed by atoms with van der Waals surface area (Å²) in [5.74, 6) is 3.12. The summed E-state index contributed by atoms with van der Waals surface area (Å²) in [5, 5.41) is 11.2. The fourth-order valence-electron chi connectivity index (χ4n) is 2.19. The highest BCUT2D eigenvalue weighted by Gasteiger charge is 2.09. The molecule has 0 fully saturated rings. The number of hydrogen-bond donors (Lipinski definition) is 2. The topological polar surface area (TPSA) is 75.3 Å². The lowest BCUT2D eigenvalue weighted by molar-refractivity contribution is 0.378. The van der Waals surface area contributed by atoms with Crippen molar-refractivity contribution in [1.29, 1.82) is 0 Å². The van der Waals surface area contributed by atoms with Crippen LogP contribution in [0.25, 0.3) is 11.4 Å². The fourth-order valence-corrected chi connectivity index (χ4v) is 2.87. The summed E-state index contributed by atoms with van der Waals surface area (Å²) in [5.41, 5.74) is 0.846. The van der Waals surface area contributed by atoms with Crippen molar-refractivity contribution in [3.8, 4) is 11.4 Å². The Morgan fingerprint density at radius 3 is 2.88 bits per heavy atom. The number of hydrogen-bond acceptors (Lipinski definition) is 5. The maximum atomic E-state index is 5.99. The van der Waals surface area contributed by atoms with Gasteiger partial charge in [0.15, 0.2) is 5.96 Å². The first kappa shape index (κ1) is 19.6. The molecule has 1 heterocycles. The van der Waals surface area contributed by atoms with E-state index >= 15 is 0 Å². The van der Waals surface area contributed by atoms with Crippen molar-refractivity contribution in [2.45, 2.75) is 19.3 Å². The molecule has 0 aliphatic heterocycles. The molecule has 2 N–H and O–H groups in total. The molecule has 0 saturated heterocycles. The zero-order valence-corrected chi connectivity index (χ0v) is 16.2. The number of aliphatic imine (C=N–C) groups is 1. The number of guanidine groups is 1. The lowest BCUT2D eigenvalue weighted by Crippen LogP contribution is -2.38. The number of halogens is 1. The van der Waals surface area contributed by atoms with E-state index in [1.165, 1.54) is 12.2 Å². The summed E-state index contributed by atoms with van der Waals surface area (Å²) in [7, 11) is 1.77. The van der Waals surface area contributed by atoms with Gasteiger partial charge in [-0.25, -0.2) is 0 Å². The summed E-state index contributed by atoms with van der Waals surface area (Å²) >= 11 is 7.86. The normalized spacial score (nSPS) is 11.6. The molecule has 136 valence electrons. The molecule has 1 aromatic carbocycles. The van der Waals surface area contributed by atoms with Gasteiger partial charge in [-0.1, -0.05) is 28.9 Å². The summed E-state index contributed by atoms with van der Waals surface area (Å²) in [4.78, 5) is 8.61. The molecule has 0 unspecified atom stereocenters. The quantitative estimate of drug-likeness (QED) is 0.394. The van der Waals surface area contributed by atoms with Crippen LogP contribution < -0.4 is 10.6 Å². The van der Waals surface area contributed by atoms with Crippen molar-refractivity contribution in [3.63, 3.8) is 0 Å². The van der Waals surface area contributed by atoms with Crippen molar-refractivity contribution < 1.29 is 4.52 Å². The van der Waals surface area contributed by atoms with Gasteiger partial charge in [-0.2, -0.15) is 16.7 Å². The molecule has 1 aromatic heterocycles. The molecule has 6 nitrogen and oxygen atoms in total. The van der Waals surface area contributed by atoms with Gasteiger partial charge in [0.05, 0.1) is 0 Å². The van der Waals surface area contributed by atoms with E-state index in [0.717, 1.165) is 24.5 Å². The number of nitrogens with zero attached hydrogens (tertiary/aromatic N) is 3. The maximum Gasteiger partial charge on any atom is 0.228 e. The van der Waals surface area contributed by atoms with Crippen LogP contribution in [0.5, 0.6) is 0 Å². The van der Waals surface area contributed by atoms with E-state index in [4.69, 9.17) is 16.1 Å². The van der Waals surface area contributed by atoms with Crippen molar-refractivity contribution in [1.82, 2.24) is 20.8 Å². The second-order valence-corrected chi connectivity index (χ2v) is 6.82. The van der Waals surface area contributed by atoms with Gasteiger partial charge in [0.25, 0.3) is 0 Å². The Morgan fingerprint density at radius 2 is 2.12 bits per heavy atom. The SMILES string of the molecule is CN=C(NCCCCSC)NCCc1nc(-c2cccc(Cl)c2)no1. The number of nitrogens with one attached hydrogen (secondary N) is 2. The molecule has 25 heavy (non-hydrogen) atoms. The van der Waals surface area contributed by atoms with Crippen molar-refractivity contribution in [3.05, 3.63) is 35.2 Å². The predicted octanol–water partition coefficient (Wildman–Crippen LogP) is 3.24. The lowest BCUT2D eigenvalue weighted by atomic mass is 10.2. The highest BCUT2D eigenvalue weighted by molar-refractivity contribution is 7.98. The van der Waals surface area contributed by atoms with Gasteiger partial charge in [0, 0.05) is 37.1 Å². The first-order valence-corrected chi connectivity index (χ1v) is 10.0. The minimum Gasteiger partial charge on any atom is -0.356 e. The van der Waals surface area contributed by atoms with Crippen LogP contribution in [0.4, 0.5) is 0 Å². The zero-order chi connectivity index (χ0) is 17.9. The van der Waals surface area contributed by atoms with E-state index in [1.807, 2.05) is 36.0 Å². The molecular formula is C17H24ClN5OS. The Hall–Kier alpha value is -1.73. The Bertz CT molecular complexity index is 677. The molecule has 0 aliphatic carbocycles. The van der Waals surface area contributed by atoms with E-state index in [2.05, 4.69) is 32.0 Å². The van der Waals surface area contributed by atoms with E-state index in [1.54, 1.807) is 7.05 Å². The first-order valence-electron chi connectivity index (χ1n) is 8.25. The average Bonchev–Trinajstić information content (AvgIpc) is 3.09. The van der Waals surface area contributed by atoms with Gasteiger partial charge in [-0.3, -0.25) is 4.99 Å². The standard InChI is InChI=1S/C17H24ClN5OS/c1-19-17(20-9-3-4-11-25-2)21-10-8-15-22-16(23-24-15)13-6-5-7-14(18)12-13/h5-7,12H,3-4,8-11H2,1-2H3,(H2,19,20,21). The van der Waals surface area contributed by atoms with Gasteiger partial charge in [-0.15, -0.1) is 0 Å². The molecule has 0 saturated carbocycles. The van der Waals surface area contributed by atoms with Crippen LogP contribution in [-0.4, -0.2) is 48.2 Å². The Balaban J connectivity index is 1.74. The Labute approximate surface area is 157 Å².